The van der Waals surface area contributed by atoms with Crippen molar-refractivity contribution in [1.82, 2.24) is 0 Å². The molecule has 0 bridgehead atoms. The molecular formula is C50H74N2O13S5. The van der Waals surface area contributed by atoms with E-state index >= 15 is 0 Å². The largest absolute Gasteiger partial charge is 0.464 e. The summed E-state index contributed by atoms with van der Waals surface area (Å²) in [6.07, 6.45) is 16.9. The van der Waals surface area contributed by atoms with E-state index in [1.54, 1.807) is 19.1 Å². The molecule has 3 unspecified atom stereocenters. The number of nitro benzene ring substituents is 1. The summed E-state index contributed by atoms with van der Waals surface area (Å²) in [6.45, 7) is 13.4. The summed E-state index contributed by atoms with van der Waals surface area (Å²) in [5, 5.41) is 10.9. The monoisotopic (exact) mass is 1070 g/mol. The average Bonchev–Trinajstić information content (AvgIpc) is 3.45. The molecule has 0 fully saturated rings. The summed E-state index contributed by atoms with van der Waals surface area (Å²) in [5.41, 5.74) is -1.10. The molecule has 0 amide bonds. The quantitative estimate of drug-likeness (QED) is 0.0206. The lowest BCUT2D eigenvalue weighted by molar-refractivity contribution is -0.384. The van der Waals surface area contributed by atoms with Crippen LogP contribution in [-0.2, 0) is 52.5 Å². The van der Waals surface area contributed by atoms with E-state index in [9.17, 15) is 29.3 Å². The highest BCUT2D eigenvalue weighted by Gasteiger charge is 2.59. The maximum atomic E-state index is 14.1. The zero-order valence-electron chi connectivity index (χ0n) is 42.9. The number of hydrogen-bond acceptors (Lipinski definition) is 17. The Morgan fingerprint density at radius 2 is 1.57 bits per heavy atom. The van der Waals surface area contributed by atoms with Gasteiger partial charge in [0.2, 0.25) is 5.72 Å². The summed E-state index contributed by atoms with van der Waals surface area (Å²) >= 11 is 8.16. The second kappa shape index (κ2) is 25.4. The predicted octanol–water partition coefficient (Wildman–Crippen LogP) is 10.2. The third kappa shape index (κ3) is 15.7. The van der Waals surface area contributed by atoms with Crippen molar-refractivity contribution in [2.24, 2.45) is 5.41 Å². The van der Waals surface area contributed by atoms with Crippen molar-refractivity contribution >= 4 is 101 Å². The van der Waals surface area contributed by atoms with E-state index in [1.807, 2.05) is 49.1 Å². The molecule has 0 N–H and O–H groups in total. The first-order chi connectivity index (χ1) is 32.7. The second-order valence-corrected chi connectivity index (χ2v) is 31.4. The molecule has 0 saturated carbocycles. The Morgan fingerprint density at radius 1 is 0.900 bits per heavy atom. The van der Waals surface area contributed by atoms with Gasteiger partial charge in [0.1, 0.15) is 51.3 Å². The molecule has 0 aliphatic carbocycles. The van der Waals surface area contributed by atoms with E-state index < -0.39 is 84.2 Å². The molecule has 15 nitrogen and oxygen atoms in total. The standard InChI is InChI=1S/C50H74N2O13S5/c1-13-14-31-67-46(66)68-36(2)44(55)63-35-49(7,34-62-43(54)23-22-42(53)60-30-29-59-27-17-32-70(11,12)48(5,6)65-69(8,9)10)45(56)61-28-26-51-40-19-16-15-18-39(40)47(3,4)50(51)25-24-37-33-38(52(57)58)20-21-41(37)64-50/h15-16,18-21,24-25,33,36H,13-14,17,22-23,26-32,34-35H2,1-12H3. The van der Waals surface area contributed by atoms with Gasteiger partial charge >= 0.3 is 23.9 Å². The fourth-order valence-corrected chi connectivity index (χ4v) is 14.4. The van der Waals surface area contributed by atoms with Crippen molar-refractivity contribution in [3.05, 3.63) is 69.8 Å². The van der Waals surface area contributed by atoms with Crippen LogP contribution in [0, 0.1) is 15.5 Å². The van der Waals surface area contributed by atoms with E-state index in [-0.39, 0.29) is 49.8 Å². The van der Waals surface area contributed by atoms with Gasteiger partial charge in [-0.3, -0.25) is 29.3 Å². The number of thioether (sulfide) groups is 2. The SMILES string of the molecule is CCCCSC(=S)SC(C)C(=O)OCC(C)(COC(=O)CCC(=O)OCCOCCCS(C)(C)C(C)(C)OS(C)(C)C)C(=O)OCCN1c2ccccc2C(C)(C)C12C=Cc1cc([N+](=O)[O-])ccc1O2. The van der Waals surface area contributed by atoms with Crippen LogP contribution in [0.3, 0.4) is 0 Å². The minimum atomic E-state index is -1.65. The number of anilines is 1. The van der Waals surface area contributed by atoms with E-state index in [1.165, 1.54) is 42.6 Å². The average molecular weight is 1070 g/mol. The van der Waals surface area contributed by atoms with Gasteiger partial charge in [0.15, 0.2) is 0 Å². The number of benzene rings is 2. The van der Waals surface area contributed by atoms with Gasteiger partial charge in [-0.1, -0.05) is 55.5 Å². The summed E-state index contributed by atoms with van der Waals surface area (Å²) in [6, 6.07) is 12.2. The number of thiocarbonyl (C=S) groups is 1. The fraction of sp³-hybridized carbons (Fsp3) is 0.620. The zero-order chi connectivity index (χ0) is 52.1. The predicted molar refractivity (Wildman–Crippen MR) is 291 cm³/mol. The summed E-state index contributed by atoms with van der Waals surface area (Å²) in [5.74, 6) is -0.495. The number of nitro groups is 1. The van der Waals surface area contributed by atoms with Crippen LogP contribution in [0.5, 0.6) is 5.75 Å². The van der Waals surface area contributed by atoms with Crippen LogP contribution in [0.25, 0.3) is 6.08 Å². The van der Waals surface area contributed by atoms with Crippen LogP contribution in [0.1, 0.15) is 91.7 Å². The lowest BCUT2D eigenvalue weighted by Gasteiger charge is -2.50. The van der Waals surface area contributed by atoms with Crippen LogP contribution < -0.4 is 9.64 Å². The number of para-hydroxylation sites is 1. The van der Waals surface area contributed by atoms with Gasteiger partial charge in [0, 0.05) is 30.0 Å². The lowest BCUT2D eigenvalue weighted by Crippen LogP contribution is -2.60. The van der Waals surface area contributed by atoms with Crippen LogP contribution >= 0.6 is 56.1 Å². The molecule has 0 aromatic heterocycles. The van der Waals surface area contributed by atoms with Crippen molar-refractivity contribution in [2.75, 3.05) is 93.9 Å². The van der Waals surface area contributed by atoms with Gasteiger partial charge in [-0.2, -0.15) is 0 Å². The number of unbranched alkanes of at least 4 members (excludes halogenated alkanes) is 1. The van der Waals surface area contributed by atoms with Crippen molar-refractivity contribution in [3.8, 4) is 5.75 Å². The van der Waals surface area contributed by atoms with Gasteiger partial charge in [-0.25, -0.2) is 10.0 Å². The molecule has 4 rings (SSSR count). The number of carbonyl (C=O) groups excluding carboxylic acids is 4. The Labute approximate surface area is 431 Å². The first-order valence-electron chi connectivity index (χ1n) is 23.4. The van der Waals surface area contributed by atoms with Gasteiger partial charge in [0.25, 0.3) is 5.69 Å². The molecule has 392 valence electrons. The van der Waals surface area contributed by atoms with Crippen LogP contribution in [-0.4, -0.2) is 137 Å². The Balaban J connectivity index is 1.36. The number of ether oxygens (including phenoxy) is 6. The van der Waals surface area contributed by atoms with E-state index in [2.05, 4.69) is 52.1 Å². The molecule has 2 aromatic carbocycles. The maximum absolute atomic E-state index is 14.1. The maximum Gasteiger partial charge on any atom is 0.319 e. The highest BCUT2D eigenvalue weighted by Crippen LogP contribution is 2.59. The number of fused-ring (bicyclic) bond motifs is 2. The van der Waals surface area contributed by atoms with Crippen molar-refractivity contribution in [1.29, 1.82) is 0 Å². The van der Waals surface area contributed by atoms with Crippen LogP contribution in [0.4, 0.5) is 11.4 Å². The molecule has 70 heavy (non-hydrogen) atoms. The van der Waals surface area contributed by atoms with Gasteiger partial charge in [-0.15, -0.1) is 22.1 Å². The van der Waals surface area contributed by atoms with Gasteiger partial charge in [-0.05, 0) is 127 Å². The van der Waals surface area contributed by atoms with E-state index in [0.29, 0.717) is 21.4 Å². The number of non-ortho nitro benzene ring substituents is 1. The second-order valence-electron chi connectivity index (χ2n) is 19.7. The highest BCUT2D eigenvalue weighted by atomic mass is 32.3. The third-order valence-corrected chi connectivity index (χ3v) is 20.1. The molecular weight excluding hydrogens is 997 g/mol. The fourth-order valence-electron chi connectivity index (χ4n) is 7.80. The Hall–Kier alpha value is -3.53. The zero-order valence-corrected chi connectivity index (χ0v) is 47.0. The molecule has 2 heterocycles. The number of esters is 4. The molecule has 1 spiro atoms. The van der Waals surface area contributed by atoms with E-state index in [4.69, 9.17) is 44.8 Å². The molecule has 20 heteroatoms. The molecule has 3 atom stereocenters. The van der Waals surface area contributed by atoms with Crippen molar-refractivity contribution < 1.29 is 56.7 Å². The Kier molecular flexibility index (Phi) is 21.4. The molecule has 0 radical (unpaired) electrons. The minimum absolute atomic E-state index is 0.0301. The molecule has 2 aromatic rings. The number of hydrogen-bond donors (Lipinski definition) is 0. The molecule has 2 aliphatic heterocycles. The summed E-state index contributed by atoms with van der Waals surface area (Å²) in [4.78, 5) is 65.8. The Bertz CT molecular complexity index is 2210. The highest BCUT2D eigenvalue weighted by molar-refractivity contribution is 8.47. The summed E-state index contributed by atoms with van der Waals surface area (Å²) in [7, 11) is -2.20. The number of carbonyl (C=O) groups is 4. The normalized spacial score (nSPS) is 17.9. The van der Waals surface area contributed by atoms with Crippen LogP contribution in [0.2, 0.25) is 0 Å². The first kappa shape index (κ1) is 59.0. The smallest absolute Gasteiger partial charge is 0.319 e. The topological polar surface area (TPSA) is 179 Å². The number of nitrogens with zero attached hydrogens (tertiary/aromatic N) is 2. The van der Waals surface area contributed by atoms with Gasteiger partial charge < -0.3 is 37.5 Å². The Morgan fingerprint density at radius 3 is 2.24 bits per heavy atom. The van der Waals surface area contributed by atoms with Crippen molar-refractivity contribution in [2.45, 2.75) is 102 Å². The number of rotatable bonds is 27. The van der Waals surface area contributed by atoms with E-state index in [0.717, 1.165) is 42.0 Å². The summed E-state index contributed by atoms with van der Waals surface area (Å²) < 4.78 is 42.0. The minimum Gasteiger partial charge on any atom is -0.464 e. The molecule has 0 saturated heterocycles. The first-order valence-corrected chi connectivity index (χ1v) is 31.1. The third-order valence-electron chi connectivity index (χ3n) is 12.3. The van der Waals surface area contributed by atoms with Crippen molar-refractivity contribution in [3.63, 3.8) is 0 Å². The molecule has 2 aliphatic rings. The van der Waals surface area contributed by atoms with Crippen LogP contribution in [0.15, 0.2) is 48.5 Å². The van der Waals surface area contributed by atoms with Gasteiger partial charge in [0.05, 0.1) is 36.3 Å². The lowest BCUT2D eigenvalue weighted by atomic mass is 9.76.